The van der Waals surface area contributed by atoms with Crippen LogP contribution in [0.1, 0.15) is 19.7 Å². The highest BCUT2D eigenvalue weighted by Crippen LogP contribution is 2.17. The Hall–Kier alpha value is -2.66. The van der Waals surface area contributed by atoms with Crippen molar-refractivity contribution < 1.29 is 14.1 Å². The summed E-state index contributed by atoms with van der Waals surface area (Å²) in [4.78, 5) is 18.3. The van der Waals surface area contributed by atoms with Crippen LogP contribution in [0, 0.1) is 0 Å². The third kappa shape index (κ3) is 3.56. The van der Waals surface area contributed by atoms with Gasteiger partial charge in [0.1, 0.15) is 6.61 Å². The number of benzene rings is 2. The zero-order chi connectivity index (χ0) is 17.8. The van der Waals surface area contributed by atoms with Crippen molar-refractivity contribution in [1.29, 1.82) is 0 Å². The number of carbonyl (C=O) groups is 1. The molecule has 5 heteroatoms. The smallest absolute Gasteiger partial charge is 0.282 e. The molecule has 2 aromatic carbocycles. The van der Waals surface area contributed by atoms with Crippen LogP contribution >= 0.6 is 0 Å². The molecule has 0 spiro atoms. The average molecular weight is 338 g/mol. The number of imidazole rings is 1. The number of nitrogens with one attached hydrogen (secondary N) is 1. The van der Waals surface area contributed by atoms with Gasteiger partial charge in [0.2, 0.25) is 0 Å². The van der Waals surface area contributed by atoms with Crippen molar-refractivity contribution in [3.8, 4) is 0 Å². The van der Waals surface area contributed by atoms with Gasteiger partial charge < -0.3 is 9.64 Å². The number of amides is 1. The van der Waals surface area contributed by atoms with E-state index in [1.165, 1.54) is 0 Å². The second-order valence-electron chi connectivity index (χ2n) is 6.30. The summed E-state index contributed by atoms with van der Waals surface area (Å²) in [5, 5.41) is 0. The highest BCUT2D eigenvalue weighted by Gasteiger charge is 2.25. The lowest BCUT2D eigenvalue weighted by Crippen LogP contribution is -2.49. The Morgan fingerprint density at radius 2 is 1.80 bits per heavy atom. The fourth-order valence-corrected chi connectivity index (χ4v) is 3.14. The van der Waals surface area contributed by atoms with Gasteiger partial charge in [0.05, 0.1) is 0 Å². The molecule has 0 fully saturated rings. The van der Waals surface area contributed by atoms with E-state index in [2.05, 4.69) is 4.98 Å². The number of rotatable bonds is 6. The molecule has 5 nitrogen and oxygen atoms in total. The Labute approximate surface area is 147 Å². The normalized spacial score (nSPS) is 11.2. The topological polar surface area (TPSA) is 49.2 Å². The number of hydrogen-bond acceptors (Lipinski definition) is 2. The van der Waals surface area contributed by atoms with Crippen LogP contribution in [0.25, 0.3) is 11.0 Å². The molecule has 0 unspecified atom stereocenters. The molecule has 3 aromatic rings. The highest BCUT2D eigenvalue weighted by molar-refractivity contribution is 5.93. The Morgan fingerprint density at radius 3 is 2.48 bits per heavy atom. The molecule has 0 aliphatic carbocycles. The largest absolute Gasteiger partial charge is 0.372 e. The second-order valence-corrected chi connectivity index (χ2v) is 6.30. The molecule has 1 amide bonds. The number of ether oxygens (including phenoxy) is 1. The van der Waals surface area contributed by atoms with E-state index in [0.29, 0.717) is 6.61 Å². The number of anilines is 1. The predicted octanol–water partition coefficient (Wildman–Crippen LogP) is 3.04. The lowest BCUT2D eigenvalue weighted by atomic mass is 10.2. The Balaban J connectivity index is 1.96. The van der Waals surface area contributed by atoms with Crippen LogP contribution in [0.15, 0.2) is 54.6 Å². The van der Waals surface area contributed by atoms with Crippen molar-refractivity contribution in [3.63, 3.8) is 0 Å². The zero-order valence-corrected chi connectivity index (χ0v) is 14.9. The first kappa shape index (κ1) is 17.2. The fourth-order valence-electron chi connectivity index (χ4n) is 3.14. The molecule has 0 aliphatic rings. The molecule has 1 aromatic heterocycles. The van der Waals surface area contributed by atoms with E-state index in [1.54, 1.807) is 7.11 Å². The number of methoxy groups -OCH3 is 1. The summed E-state index contributed by atoms with van der Waals surface area (Å²) in [6.07, 6.45) is 0. The Bertz CT molecular complexity index is 856. The van der Waals surface area contributed by atoms with Crippen molar-refractivity contribution in [1.82, 2.24) is 4.98 Å². The summed E-state index contributed by atoms with van der Waals surface area (Å²) < 4.78 is 7.29. The lowest BCUT2D eigenvalue weighted by molar-refractivity contribution is -0.668. The van der Waals surface area contributed by atoms with Crippen molar-refractivity contribution in [2.75, 3.05) is 12.0 Å². The first-order valence-corrected chi connectivity index (χ1v) is 8.47. The summed E-state index contributed by atoms with van der Waals surface area (Å²) in [5.74, 6) is 0.933. The van der Waals surface area contributed by atoms with Crippen LogP contribution in [0.2, 0.25) is 0 Å². The van der Waals surface area contributed by atoms with E-state index in [9.17, 15) is 4.79 Å². The summed E-state index contributed by atoms with van der Waals surface area (Å²) in [7, 11) is 1.65. The summed E-state index contributed by atoms with van der Waals surface area (Å²) in [5.41, 5.74) is 2.91. The number of carbonyl (C=O) groups excluding carboxylic acids is 1. The maximum atomic E-state index is 13.1. The number of aromatic nitrogens is 2. The van der Waals surface area contributed by atoms with Gasteiger partial charge in [-0.1, -0.05) is 30.3 Å². The highest BCUT2D eigenvalue weighted by atomic mass is 16.5. The minimum absolute atomic E-state index is 0.0494. The monoisotopic (exact) mass is 338 g/mol. The molecule has 0 saturated carbocycles. The van der Waals surface area contributed by atoms with Gasteiger partial charge in [0, 0.05) is 18.8 Å². The van der Waals surface area contributed by atoms with Gasteiger partial charge >= 0.3 is 0 Å². The molecule has 0 radical (unpaired) electrons. The molecular formula is C20H24N3O2+. The molecule has 1 N–H and O–H groups in total. The standard InChI is InChI=1S/C20H23N3O2/c1-15(2)23(16-9-5-4-6-10-16)20(24)13-22-18-12-8-7-11-17(18)21-19(22)14-25-3/h4-12,15H,13-14H2,1-3H3/p+1. The number of hydrogen-bond donors (Lipinski definition) is 1. The number of fused-ring (bicyclic) bond motifs is 1. The second kappa shape index (κ2) is 7.49. The van der Waals surface area contributed by atoms with E-state index in [0.717, 1.165) is 22.5 Å². The van der Waals surface area contributed by atoms with Crippen LogP contribution in [-0.2, 0) is 22.7 Å². The van der Waals surface area contributed by atoms with Gasteiger partial charge in [-0.25, -0.2) is 9.55 Å². The van der Waals surface area contributed by atoms with Gasteiger partial charge in [-0.05, 0) is 38.1 Å². The third-order valence-corrected chi connectivity index (χ3v) is 4.19. The summed E-state index contributed by atoms with van der Waals surface area (Å²) in [6.45, 7) is 4.74. The van der Waals surface area contributed by atoms with Crippen LogP contribution in [-0.4, -0.2) is 24.0 Å². The fraction of sp³-hybridized carbons (Fsp3) is 0.300. The molecular weight excluding hydrogens is 314 g/mol. The number of aromatic amines is 1. The zero-order valence-electron chi connectivity index (χ0n) is 14.9. The third-order valence-electron chi connectivity index (χ3n) is 4.19. The minimum atomic E-state index is 0.0494. The first-order valence-electron chi connectivity index (χ1n) is 8.47. The van der Waals surface area contributed by atoms with Crippen molar-refractivity contribution in [2.24, 2.45) is 0 Å². The van der Waals surface area contributed by atoms with E-state index in [4.69, 9.17) is 4.74 Å². The predicted molar refractivity (Wildman–Crippen MR) is 98.3 cm³/mol. The van der Waals surface area contributed by atoms with Crippen LogP contribution in [0.4, 0.5) is 5.69 Å². The first-order chi connectivity index (χ1) is 12.1. The van der Waals surface area contributed by atoms with Crippen molar-refractivity contribution in [2.45, 2.75) is 33.0 Å². The summed E-state index contributed by atoms with van der Waals surface area (Å²) in [6, 6.07) is 17.8. The molecule has 25 heavy (non-hydrogen) atoms. The van der Waals surface area contributed by atoms with Crippen LogP contribution in [0.3, 0.4) is 0 Å². The SMILES string of the molecule is COCc1[nH]c2ccccc2[n+]1CC(=O)N(c1ccccc1)C(C)C. The van der Waals surface area contributed by atoms with Crippen LogP contribution in [0.5, 0.6) is 0 Å². The quantitative estimate of drug-likeness (QED) is 0.702. The number of H-pyrrole nitrogens is 1. The molecule has 0 aliphatic heterocycles. The summed E-state index contributed by atoms with van der Waals surface area (Å²) >= 11 is 0. The van der Waals surface area contributed by atoms with E-state index in [-0.39, 0.29) is 18.5 Å². The van der Waals surface area contributed by atoms with Crippen molar-refractivity contribution >= 4 is 22.6 Å². The van der Waals surface area contributed by atoms with Gasteiger partial charge in [-0.2, -0.15) is 0 Å². The van der Waals surface area contributed by atoms with E-state index >= 15 is 0 Å². The average Bonchev–Trinajstić information content (AvgIpc) is 2.94. The molecule has 3 rings (SSSR count). The van der Waals surface area contributed by atoms with Crippen LogP contribution < -0.4 is 9.47 Å². The van der Waals surface area contributed by atoms with Crippen molar-refractivity contribution in [3.05, 3.63) is 60.4 Å². The molecule has 130 valence electrons. The van der Waals surface area contributed by atoms with Gasteiger partial charge in [-0.3, -0.25) is 4.79 Å². The maximum Gasteiger partial charge on any atom is 0.282 e. The maximum absolute atomic E-state index is 13.1. The lowest BCUT2D eigenvalue weighted by Gasteiger charge is -2.26. The Morgan fingerprint density at radius 1 is 1.12 bits per heavy atom. The van der Waals surface area contributed by atoms with Gasteiger partial charge in [-0.15, -0.1) is 0 Å². The number of para-hydroxylation sites is 3. The molecule has 0 saturated heterocycles. The van der Waals surface area contributed by atoms with E-state index in [1.807, 2.05) is 77.9 Å². The number of nitrogens with zero attached hydrogens (tertiary/aromatic N) is 2. The van der Waals surface area contributed by atoms with E-state index < -0.39 is 0 Å². The van der Waals surface area contributed by atoms with Gasteiger partial charge in [0.25, 0.3) is 11.7 Å². The van der Waals surface area contributed by atoms with Gasteiger partial charge in [0.15, 0.2) is 17.6 Å². The molecule has 1 heterocycles. The molecule has 0 atom stereocenters. The minimum Gasteiger partial charge on any atom is -0.372 e. The Kier molecular flexibility index (Phi) is 5.14. The molecule has 0 bridgehead atoms.